The van der Waals surface area contributed by atoms with E-state index in [1.54, 1.807) is 6.26 Å². The van der Waals surface area contributed by atoms with Gasteiger partial charge in [0, 0.05) is 12.1 Å². The SMILES string of the molecule is C#CCN(CCC)Cc1occc1CNC. The molecule has 0 aliphatic rings. The highest BCUT2D eigenvalue weighted by Gasteiger charge is 2.10. The summed E-state index contributed by atoms with van der Waals surface area (Å²) in [6.07, 6.45) is 8.19. The van der Waals surface area contributed by atoms with Gasteiger partial charge < -0.3 is 9.73 Å². The van der Waals surface area contributed by atoms with E-state index < -0.39 is 0 Å². The molecule has 16 heavy (non-hydrogen) atoms. The third-order valence-corrected chi connectivity index (χ3v) is 2.43. The number of terminal acetylenes is 1. The molecule has 0 radical (unpaired) electrons. The van der Waals surface area contributed by atoms with Gasteiger partial charge in [0.15, 0.2) is 0 Å². The Bertz CT molecular complexity index is 338. The first-order valence-electron chi connectivity index (χ1n) is 5.67. The van der Waals surface area contributed by atoms with Crippen LogP contribution >= 0.6 is 0 Å². The number of furan rings is 1. The molecule has 1 rings (SSSR count). The first-order valence-corrected chi connectivity index (χ1v) is 5.67. The smallest absolute Gasteiger partial charge is 0.122 e. The van der Waals surface area contributed by atoms with Gasteiger partial charge in [-0.1, -0.05) is 12.8 Å². The van der Waals surface area contributed by atoms with Crippen LogP contribution in [0.5, 0.6) is 0 Å². The minimum atomic E-state index is 0.674. The molecule has 0 saturated carbocycles. The van der Waals surface area contributed by atoms with Crippen molar-refractivity contribution in [2.45, 2.75) is 26.4 Å². The fourth-order valence-electron chi connectivity index (χ4n) is 1.72. The zero-order valence-corrected chi connectivity index (χ0v) is 10.1. The molecule has 0 fully saturated rings. The molecule has 0 aliphatic heterocycles. The Labute approximate surface area is 97.8 Å². The van der Waals surface area contributed by atoms with Gasteiger partial charge in [0.1, 0.15) is 5.76 Å². The maximum absolute atomic E-state index is 5.49. The number of hydrogen-bond acceptors (Lipinski definition) is 3. The van der Waals surface area contributed by atoms with E-state index in [9.17, 15) is 0 Å². The van der Waals surface area contributed by atoms with Gasteiger partial charge in [0.25, 0.3) is 0 Å². The summed E-state index contributed by atoms with van der Waals surface area (Å²) >= 11 is 0. The van der Waals surface area contributed by atoms with E-state index in [1.807, 2.05) is 13.1 Å². The second-order valence-electron chi connectivity index (χ2n) is 3.81. The summed E-state index contributed by atoms with van der Waals surface area (Å²) in [5.41, 5.74) is 1.21. The number of nitrogens with one attached hydrogen (secondary N) is 1. The zero-order valence-electron chi connectivity index (χ0n) is 10.1. The van der Waals surface area contributed by atoms with Crippen LogP contribution in [0.3, 0.4) is 0 Å². The lowest BCUT2D eigenvalue weighted by Crippen LogP contribution is -2.25. The van der Waals surface area contributed by atoms with Crippen LogP contribution in [0.1, 0.15) is 24.7 Å². The predicted molar refractivity (Wildman–Crippen MR) is 65.9 cm³/mol. The van der Waals surface area contributed by atoms with Gasteiger partial charge in [0.05, 0.1) is 19.4 Å². The van der Waals surface area contributed by atoms with Crippen LogP contribution in [0.15, 0.2) is 16.7 Å². The fourth-order valence-corrected chi connectivity index (χ4v) is 1.72. The Morgan fingerprint density at radius 2 is 2.38 bits per heavy atom. The fraction of sp³-hybridized carbons (Fsp3) is 0.538. The van der Waals surface area contributed by atoms with Crippen molar-refractivity contribution in [2.24, 2.45) is 0 Å². The van der Waals surface area contributed by atoms with Gasteiger partial charge in [-0.05, 0) is 26.1 Å². The lowest BCUT2D eigenvalue weighted by Gasteiger charge is -2.18. The standard InChI is InChI=1S/C13H20N2O/c1-4-7-15(8-5-2)11-13-12(10-14-3)6-9-16-13/h1,6,9,14H,5,7-8,10-11H2,2-3H3. The van der Waals surface area contributed by atoms with Crippen molar-refractivity contribution < 1.29 is 4.42 Å². The lowest BCUT2D eigenvalue weighted by molar-refractivity contribution is 0.271. The highest BCUT2D eigenvalue weighted by Crippen LogP contribution is 2.13. The summed E-state index contributed by atoms with van der Waals surface area (Å²) in [4.78, 5) is 2.22. The number of hydrogen-bond donors (Lipinski definition) is 1. The van der Waals surface area contributed by atoms with E-state index in [0.717, 1.165) is 31.8 Å². The zero-order chi connectivity index (χ0) is 11.8. The van der Waals surface area contributed by atoms with Gasteiger partial charge in [0.2, 0.25) is 0 Å². The average molecular weight is 220 g/mol. The minimum absolute atomic E-state index is 0.674. The van der Waals surface area contributed by atoms with E-state index in [2.05, 4.69) is 23.1 Å². The third kappa shape index (κ3) is 3.73. The van der Waals surface area contributed by atoms with Crippen molar-refractivity contribution in [1.82, 2.24) is 10.2 Å². The molecule has 0 bridgehead atoms. The molecule has 88 valence electrons. The summed E-state index contributed by atoms with van der Waals surface area (Å²) in [7, 11) is 1.93. The third-order valence-electron chi connectivity index (χ3n) is 2.43. The quantitative estimate of drug-likeness (QED) is 0.711. The molecular formula is C13H20N2O. The van der Waals surface area contributed by atoms with Crippen LogP contribution in [0, 0.1) is 12.3 Å². The van der Waals surface area contributed by atoms with Crippen molar-refractivity contribution in [2.75, 3.05) is 20.1 Å². The first kappa shape index (κ1) is 12.8. The van der Waals surface area contributed by atoms with E-state index in [0.29, 0.717) is 6.54 Å². The number of rotatable bonds is 7. The summed E-state index contributed by atoms with van der Waals surface area (Å²) < 4.78 is 5.49. The molecule has 0 spiro atoms. The normalized spacial score (nSPS) is 10.6. The van der Waals surface area contributed by atoms with Crippen molar-refractivity contribution in [3.63, 3.8) is 0 Å². The van der Waals surface area contributed by atoms with Crippen molar-refractivity contribution in [3.05, 3.63) is 23.7 Å². The van der Waals surface area contributed by atoms with Crippen molar-refractivity contribution in [3.8, 4) is 12.3 Å². The summed E-state index contributed by atoms with van der Waals surface area (Å²) in [5.74, 6) is 3.70. The maximum atomic E-state index is 5.49. The monoisotopic (exact) mass is 220 g/mol. The van der Waals surface area contributed by atoms with Gasteiger partial charge >= 0.3 is 0 Å². The highest BCUT2D eigenvalue weighted by molar-refractivity contribution is 5.16. The molecule has 1 aromatic heterocycles. The Balaban J connectivity index is 2.61. The minimum Gasteiger partial charge on any atom is -0.468 e. The molecule has 1 heterocycles. The van der Waals surface area contributed by atoms with E-state index >= 15 is 0 Å². The molecule has 0 unspecified atom stereocenters. The van der Waals surface area contributed by atoms with Crippen LogP contribution in [-0.2, 0) is 13.1 Å². The van der Waals surface area contributed by atoms with Crippen LogP contribution in [-0.4, -0.2) is 25.0 Å². The molecule has 0 saturated heterocycles. The first-order chi connectivity index (χ1) is 7.81. The van der Waals surface area contributed by atoms with E-state index in [-0.39, 0.29) is 0 Å². The molecule has 0 amide bonds. The topological polar surface area (TPSA) is 28.4 Å². The summed E-state index contributed by atoms with van der Waals surface area (Å²) in [6.45, 7) is 5.46. The summed E-state index contributed by atoms with van der Waals surface area (Å²) in [6, 6.07) is 2.01. The Hall–Kier alpha value is -1.24. The molecule has 3 heteroatoms. The second-order valence-corrected chi connectivity index (χ2v) is 3.81. The van der Waals surface area contributed by atoms with E-state index in [1.165, 1.54) is 5.56 Å². The maximum Gasteiger partial charge on any atom is 0.122 e. The largest absolute Gasteiger partial charge is 0.468 e. The predicted octanol–water partition coefficient (Wildman–Crippen LogP) is 1.84. The number of nitrogens with zero attached hydrogens (tertiary/aromatic N) is 1. The van der Waals surface area contributed by atoms with Crippen LogP contribution in [0.4, 0.5) is 0 Å². The van der Waals surface area contributed by atoms with Gasteiger partial charge in [-0.15, -0.1) is 6.42 Å². The molecule has 0 aliphatic carbocycles. The molecule has 0 aromatic carbocycles. The highest BCUT2D eigenvalue weighted by atomic mass is 16.3. The van der Waals surface area contributed by atoms with Crippen molar-refractivity contribution >= 4 is 0 Å². The molecule has 3 nitrogen and oxygen atoms in total. The second kappa shape index (κ2) is 7.10. The van der Waals surface area contributed by atoms with Crippen LogP contribution < -0.4 is 5.32 Å². The molecule has 0 atom stereocenters. The summed E-state index contributed by atoms with van der Waals surface area (Å²) in [5, 5.41) is 3.13. The van der Waals surface area contributed by atoms with Gasteiger partial charge in [-0.3, -0.25) is 4.90 Å². The molecular weight excluding hydrogens is 200 g/mol. The van der Waals surface area contributed by atoms with Crippen LogP contribution in [0.2, 0.25) is 0 Å². The Morgan fingerprint density at radius 1 is 1.56 bits per heavy atom. The van der Waals surface area contributed by atoms with Gasteiger partial charge in [-0.2, -0.15) is 0 Å². The van der Waals surface area contributed by atoms with Crippen molar-refractivity contribution in [1.29, 1.82) is 0 Å². The molecule has 1 aromatic rings. The molecule has 1 N–H and O–H groups in total. The van der Waals surface area contributed by atoms with E-state index in [4.69, 9.17) is 10.8 Å². The lowest BCUT2D eigenvalue weighted by atomic mass is 10.2. The Morgan fingerprint density at radius 3 is 3.00 bits per heavy atom. The van der Waals surface area contributed by atoms with Crippen LogP contribution in [0.25, 0.3) is 0 Å². The van der Waals surface area contributed by atoms with Gasteiger partial charge in [-0.25, -0.2) is 0 Å². The Kier molecular flexibility index (Phi) is 5.69. The average Bonchev–Trinajstić information content (AvgIpc) is 2.67.